The van der Waals surface area contributed by atoms with Gasteiger partial charge in [-0.3, -0.25) is 19.3 Å². The Balaban J connectivity index is 1.95. The monoisotopic (exact) mass is 504 g/mol. The van der Waals surface area contributed by atoms with Gasteiger partial charge in [0.05, 0.1) is 5.69 Å². The Hall–Kier alpha value is -4.18. The maximum absolute atomic E-state index is 14.1. The van der Waals surface area contributed by atoms with Crippen LogP contribution in [0.25, 0.3) is 10.9 Å². The smallest absolute Gasteiger partial charge is 0.273 e. The molecule has 0 radical (unpaired) electrons. The van der Waals surface area contributed by atoms with Gasteiger partial charge in [-0.1, -0.05) is 35.9 Å². The van der Waals surface area contributed by atoms with E-state index in [2.05, 4.69) is 14.7 Å². The van der Waals surface area contributed by atoms with Gasteiger partial charge in [0.1, 0.15) is 10.9 Å². The van der Waals surface area contributed by atoms with Crippen molar-refractivity contribution >= 4 is 51.5 Å². The molecule has 0 saturated heterocycles. The third kappa shape index (κ3) is 4.80. The Labute approximate surface area is 212 Å². The Bertz CT molecular complexity index is 1450. The number of benzene rings is 2. The van der Waals surface area contributed by atoms with Gasteiger partial charge in [0.15, 0.2) is 5.69 Å². The van der Waals surface area contributed by atoms with Crippen LogP contribution in [0.3, 0.4) is 0 Å². The summed E-state index contributed by atoms with van der Waals surface area (Å²) in [6, 6.07) is 13.7. The topological polar surface area (TPSA) is 147 Å². The number of nitrogen functional groups attached to an aromatic ring is 1. The lowest BCUT2D eigenvalue weighted by atomic mass is 9.99. The van der Waals surface area contributed by atoms with E-state index in [4.69, 9.17) is 11.5 Å². The highest BCUT2D eigenvalue weighted by molar-refractivity contribution is 7.09. The number of nitrogens with one attached hydrogen (secondary N) is 2. The number of anilines is 2. The zero-order valence-electron chi connectivity index (χ0n) is 20.5. The molecule has 36 heavy (non-hydrogen) atoms. The fourth-order valence-corrected chi connectivity index (χ4v) is 4.73. The van der Waals surface area contributed by atoms with Crippen molar-refractivity contribution in [3.8, 4) is 0 Å². The van der Waals surface area contributed by atoms with Crippen LogP contribution in [0, 0.1) is 6.92 Å². The van der Waals surface area contributed by atoms with Crippen molar-refractivity contribution in [1.82, 2.24) is 14.7 Å². The van der Waals surface area contributed by atoms with Crippen LogP contribution in [0.4, 0.5) is 11.4 Å². The van der Waals surface area contributed by atoms with Crippen LogP contribution < -0.4 is 21.7 Å². The van der Waals surface area contributed by atoms with Crippen molar-refractivity contribution < 1.29 is 14.4 Å². The van der Waals surface area contributed by atoms with E-state index in [0.29, 0.717) is 11.3 Å². The molecule has 0 bridgehead atoms. The Kier molecular flexibility index (Phi) is 6.55. The van der Waals surface area contributed by atoms with E-state index >= 15 is 0 Å². The van der Waals surface area contributed by atoms with Gasteiger partial charge < -0.3 is 21.8 Å². The van der Waals surface area contributed by atoms with E-state index in [0.717, 1.165) is 28.0 Å². The molecule has 1 atom stereocenters. The third-order valence-corrected chi connectivity index (χ3v) is 6.46. The highest BCUT2D eigenvalue weighted by Crippen LogP contribution is 2.36. The summed E-state index contributed by atoms with van der Waals surface area (Å²) in [6.45, 7) is 7.54. The van der Waals surface area contributed by atoms with E-state index in [1.54, 1.807) is 18.3 Å². The molecule has 4 rings (SSSR count). The van der Waals surface area contributed by atoms with Crippen LogP contribution in [0.15, 0.2) is 54.7 Å². The van der Waals surface area contributed by atoms with Crippen molar-refractivity contribution in [3.63, 3.8) is 0 Å². The second kappa shape index (κ2) is 9.46. The first-order valence-electron chi connectivity index (χ1n) is 11.3. The number of para-hydroxylation sites is 1. The van der Waals surface area contributed by atoms with Gasteiger partial charge in [0.25, 0.3) is 11.8 Å². The van der Waals surface area contributed by atoms with E-state index in [-0.39, 0.29) is 22.2 Å². The predicted molar refractivity (Wildman–Crippen MR) is 142 cm³/mol. The van der Waals surface area contributed by atoms with Crippen molar-refractivity contribution in [3.05, 3.63) is 76.4 Å². The number of aromatic nitrogens is 2. The lowest BCUT2D eigenvalue weighted by Gasteiger charge is -2.33. The Morgan fingerprint density at radius 3 is 2.36 bits per heavy atom. The summed E-state index contributed by atoms with van der Waals surface area (Å²) >= 11 is 0.775. The van der Waals surface area contributed by atoms with E-state index in [1.165, 1.54) is 4.90 Å². The first-order valence-corrected chi connectivity index (χ1v) is 12.1. The van der Waals surface area contributed by atoms with Crippen LogP contribution in [0.5, 0.6) is 0 Å². The Morgan fingerprint density at radius 1 is 1.08 bits per heavy atom. The van der Waals surface area contributed by atoms with Gasteiger partial charge >= 0.3 is 0 Å². The molecule has 0 fully saturated rings. The molecule has 0 aliphatic rings. The van der Waals surface area contributed by atoms with Gasteiger partial charge in [-0.05, 0) is 57.4 Å². The molecule has 0 aliphatic heterocycles. The van der Waals surface area contributed by atoms with Crippen LogP contribution in [0.2, 0.25) is 0 Å². The summed E-state index contributed by atoms with van der Waals surface area (Å²) in [5.74, 6) is -1.77. The van der Waals surface area contributed by atoms with Crippen LogP contribution in [-0.4, -0.2) is 32.6 Å². The molecule has 2 aromatic heterocycles. The summed E-state index contributed by atoms with van der Waals surface area (Å²) in [7, 11) is 0. The van der Waals surface area contributed by atoms with Crippen molar-refractivity contribution in [2.24, 2.45) is 5.73 Å². The lowest BCUT2D eigenvalue weighted by Crippen LogP contribution is -2.49. The maximum atomic E-state index is 14.1. The second-order valence-corrected chi connectivity index (χ2v) is 10.4. The number of nitrogens with zero attached hydrogens (tertiary/aromatic N) is 2. The molecule has 186 valence electrons. The number of aromatic amines is 1. The molecule has 1 unspecified atom stereocenters. The summed E-state index contributed by atoms with van der Waals surface area (Å²) in [6.07, 6.45) is 1.73. The standard InChI is InChI=1S/C26H28N6O3S/c1-14-9-11-15(12-10-14)32(25(35)22-19(27)20(23(28)33)31-36-22)21(24(34)30-26(2,3)4)17-13-29-18-8-6-5-7-16(17)18/h5-13,21,29H,27H2,1-4H3,(H2,28,33)(H,30,34). The molecule has 10 heteroatoms. The number of amides is 3. The van der Waals surface area contributed by atoms with Gasteiger partial charge in [-0.15, -0.1) is 0 Å². The number of rotatable bonds is 6. The molecule has 4 aromatic rings. The summed E-state index contributed by atoms with van der Waals surface area (Å²) in [5.41, 5.74) is 13.6. The average Bonchev–Trinajstić information content (AvgIpc) is 3.40. The molecule has 0 saturated carbocycles. The summed E-state index contributed by atoms with van der Waals surface area (Å²) < 4.78 is 3.99. The maximum Gasteiger partial charge on any atom is 0.273 e. The van der Waals surface area contributed by atoms with Gasteiger partial charge in [-0.2, -0.15) is 4.37 Å². The predicted octanol–water partition coefficient (Wildman–Crippen LogP) is 3.92. The molecule has 2 aromatic carbocycles. The first kappa shape index (κ1) is 24.9. The molecule has 6 N–H and O–H groups in total. The third-order valence-electron chi connectivity index (χ3n) is 5.61. The minimum Gasteiger partial charge on any atom is -0.395 e. The number of nitrogens with two attached hydrogens (primary N) is 2. The normalized spacial score (nSPS) is 12.3. The number of hydrogen-bond donors (Lipinski definition) is 4. The number of carbonyl (C=O) groups is 3. The summed E-state index contributed by atoms with van der Waals surface area (Å²) in [4.78, 5) is 44.4. The van der Waals surface area contributed by atoms with Crippen molar-refractivity contribution in [2.45, 2.75) is 39.3 Å². The SMILES string of the molecule is Cc1ccc(N(C(=O)c2snc(C(N)=O)c2N)C(C(=O)NC(C)(C)C)c2c[nH]c3ccccc23)cc1. The number of H-pyrrole nitrogens is 1. The van der Waals surface area contributed by atoms with E-state index < -0.39 is 23.4 Å². The number of aryl methyl sites for hydroxylation is 1. The van der Waals surface area contributed by atoms with Gasteiger partial charge in [0, 0.05) is 33.9 Å². The van der Waals surface area contributed by atoms with Gasteiger partial charge in [0.2, 0.25) is 5.91 Å². The number of hydrogen-bond acceptors (Lipinski definition) is 6. The molecular weight excluding hydrogens is 476 g/mol. The molecule has 0 aliphatic carbocycles. The first-order chi connectivity index (χ1) is 17.0. The second-order valence-electron chi connectivity index (χ2n) is 9.58. The highest BCUT2D eigenvalue weighted by Gasteiger charge is 2.38. The minimum absolute atomic E-state index is 0.0257. The van der Waals surface area contributed by atoms with Gasteiger partial charge in [-0.25, -0.2) is 0 Å². The number of fused-ring (bicyclic) bond motifs is 1. The molecule has 9 nitrogen and oxygen atoms in total. The zero-order valence-corrected chi connectivity index (χ0v) is 21.3. The Morgan fingerprint density at radius 2 is 1.75 bits per heavy atom. The largest absolute Gasteiger partial charge is 0.395 e. The highest BCUT2D eigenvalue weighted by atomic mass is 32.1. The van der Waals surface area contributed by atoms with Crippen LogP contribution in [-0.2, 0) is 4.79 Å². The molecule has 2 heterocycles. The van der Waals surface area contributed by atoms with Crippen molar-refractivity contribution in [1.29, 1.82) is 0 Å². The van der Waals surface area contributed by atoms with Crippen LogP contribution in [0.1, 0.15) is 58.1 Å². The van der Waals surface area contributed by atoms with Crippen LogP contribution >= 0.6 is 11.5 Å². The number of primary amides is 1. The van der Waals surface area contributed by atoms with E-state index in [1.807, 2.05) is 64.1 Å². The fourth-order valence-electron chi connectivity index (χ4n) is 3.98. The lowest BCUT2D eigenvalue weighted by molar-refractivity contribution is -0.123. The van der Waals surface area contributed by atoms with Crippen molar-refractivity contribution in [2.75, 3.05) is 10.6 Å². The fraction of sp³-hybridized carbons (Fsp3) is 0.231. The zero-order chi connectivity index (χ0) is 26.2. The quantitative estimate of drug-likeness (QED) is 0.314. The molecule has 0 spiro atoms. The molecular formula is C26H28N6O3S. The van der Waals surface area contributed by atoms with E-state index in [9.17, 15) is 14.4 Å². The molecule has 3 amide bonds. The number of carbonyl (C=O) groups excluding carboxylic acids is 3. The summed E-state index contributed by atoms with van der Waals surface area (Å²) in [5, 5.41) is 3.81. The minimum atomic E-state index is -1.06. The average molecular weight is 505 g/mol.